The van der Waals surface area contributed by atoms with E-state index in [4.69, 9.17) is 9.47 Å². The molecule has 2 aromatic rings. The summed E-state index contributed by atoms with van der Waals surface area (Å²) in [5.41, 5.74) is 4.70. The van der Waals surface area contributed by atoms with Gasteiger partial charge in [0.05, 0.1) is 18.8 Å². The predicted octanol–water partition coefficient (Wildman–Crippen LogP) is 3.05. The molecule has 3 aliphatic rings. The van der Waals surface area contributed by atoms with Gasteiger partial charge in [-0.3, -0.25) is 9.78 Å². The Morgan fingerprint density at radius 3 is 2.85 bits per heavy atom. The smallest absolute Gasteiger partial charge is 0.255 e. The molecule has 1 aromatic heterocycles. The zero-order chi connectivity index (χ0) is 18.2. The largest absolute Gasteiger partial charge is 0.493 e. The number of carbonyl (C=O) groups excluding carboxylic acids is 1. The van der Waals surface area contributed by atoms with Gasteiger partial charge in [-0.25, -0.2) is 0 Å². The van der Waals surface area contributed by atoms with E-state index in [2.05, 4.69) is 11.1 Å². The number of benzene rings is 1. The number of likely N-dealkylation sites (tertiary alicyclic amines) is 1. The monoisotopic (exact) mass is 364 g/mol. The van der Waals surface area contributed by atoms with E-state index in [0.717, 1.165) is 69.9 Å². The van der Waals surface area contributed by atoms with Crippen molar-refractivity contribution in [2.45, 2.75) is 32.1 Å². The average molecular weight is 364 g/mol. The summed E-state index contributed by atoms with van der Waals surface area (Å²) in [6, 6.07) is 5.84. The second-order valence-electron chi connectivity index (χ2n) is 7.70. The van der Waals surface area contributed by atoms with Crippen molar-refractivity contribution in [3.05, 3.63) is 52.8 Å². The van der Waals surface area contributed by atoms with E-state index in [1.807, 2.05) is 17.0 Å². The van der Waals surface area contributed by atoms with E-state index in [9.17, 15) is 4.79 Å². The molecule has 0 N–H and O–H groups in total. The lowest BCUT2D eigenvalue weighted by atomic mass is 9.86. The Balaban J connectivity index is 1.29. The number of nitrogens with zero attached hydrogens (tertiary/aromatic N) is 2. The van der Waals surface area contributed by atoms with Gasteiger partial charge in [0.25, 0.3) is 5.91 Å². The lowest BCUT2D eigenvalue weighted by Crippen LogP contribution is -2.39. The summed E-state index contributed by atoms with van der Waals surface area (Å²) in [4.78, 5) is 18.7. The van der Waals surface area contributed by atoms with Crippen LogP contribution in [-0.2, 0) is 19.3 Å². The molecule has 0 atom stereocenters. The first-order valence-electron chi connectivity index (χ1n) is 9.92. The third-order valence-corrected chi connectivity index (χ3v) is 6.06. The van der Waals surface area contributed by atoms with Crippen LogP contribution in [0, 0.1) is 5.92 Å². The molecule has 27 heavy (non-hydrogen) atoms. The van der Waals surface area contributed by atoms with E-state index in [1.54, 1.807) is 12.4 Å². The predicted molar refractivity (Wildman–Crippen MR) is 101 cm³/mol. The molecular weight excluding hydrogens is 340 g/mol. The fourth-order valence-electron chi connectivity index (χ4n) is 4.60. The van der Waals surface area contributed by atoms with Gasteiger partial charge >= 0.3 is 0 Å². The number of ether oxygens (including phenoxy) is 2. The average Bonchev–Trinajstić information content (AvgIpc) is 3.38. The highest BCUT2D eigenvalue weighted by Gasteiger charge is 2.30. The Morgan fingerprint density at radius 2 is 2.04 bits per heavy atom. The van der Waals surface area contributed by atoms with Gasteiger partial charge in [0, 0.05) is 55.0 Å². The zero-order valence-corrected chi connectivity index (χ0v) is 15.4. The van der Waals surface area contributed by atoms with Gasteiger partial charge in [0.15, 0.2) is 0 Å². The van der Waals surface area contributed by atoms with Crippen LogP contribution in [0.4, 0.5) is 0 Å². The van der Waals surface area contributed by atoms with E-state index in [0.29, 0.717) is 11.5 Å². The first-order chi connectivity index (χ1) is 13.3. The highest BCUT2D eigenvalue weighted by molar-refractivity contribution is 5.93. The fourth-order valence-corrected chi connectivity index (χ4v) is 4.60. The number of carbonyl (C=O) groups is 1. The third-order valence-electron chi connectivity index (χ3n) is 6.06. The summed E-state index contributed by atoms with van der Waals surface area (Å²) in [5.74, 6) is 2.87. The molecule has 5 heteroatoms. The van der Waals surface area contributed by atoms with E-state index < -0.39 is 0 Å². The maximum absolute atomic E-state index is 12.6. The van der Waals surface area contributed by atoms with Gasteiger partial charge in [-0.2, -0.15) is 0 Å². The van der Waals surface area contributed by atoms with E-state index >= 15 is 0 Å². The Hall–Kier alpha value is -2.56. The normalized spacial score (nSPS) is 18.6. The molecule has 140 valence electrons. The Bertz CT molecular complexity index is 825. The third kappa shape index (κ3) is 3.05. The molecule has 1 amide bonds. The van der Waals surface area contributed by atoms with Crippen molar-refractivity contribution < 1.29 is 14.3 Å². The molecule has 1 aromatic carbocycles. The topological polar surface area (TPSA) is 51.7 Å². The second-order valence-corrected chi connectivity index (χ2v) is 7.70. The number of pyridine rings is 1. The van der Waals surface area contributed by atoms with Crippen LogP contribution in [0.25, 0.3) is 0 Å². The number of hydrogen-bond donors (Lipinski definition) is 0. The number of rotatable bonds is 3. The zero-order valence-electron chi connectivity index (χ0n) is 15.4. The molecule has 1 saturated heterocycles. The van der Waals surface area contributed by atoms with Crippen molar-refractivity contribution >= 4 is 5.91 Å². The summed E-state index contributed by atoms with van der Waals surface area (Å²) in [7, 11) is 0. The molecule has 0 saturated carbocycles. The minimum Gasteiger partial charge on any atom is -0.493 e. The van der Waals surface area contributed by atoms with Crippen LogP contribution >= 0.6 is 0 Å². The van der Waals surface area contributed by atoms with E-state index in [-0.39, 0.29) is 5.91 Å². The lowest BCUT2D eigenvalue weighted by molar-refractivity contribution is 0.0689. The van der Waals surface area contributed by atoms with Crippen molar-refractivity contribution in [2.75, 3.05) is 26.3 Å². The molecule has 1 fully saturated rings. The van der Waals surface area contributed by atoms with Crippen LogP contribution in [0.5, 0.6) is 11.5 Å². The molecule has 0 bridgehead atoms. The summed E-state index contributed by atoms with van der Waals surface area (Å²) in [6.45, 7) is 3.19. The van der Waals surface area contributed by atoms with Gasteiger partial charge in [0.1, 0.15) is 11.5 Å². The first kappa shape index (κ1) is 16.6. The fraction of sp³-hybridized carbons (Fsp3) is 0.455. The number of amides is 1. The van der Waals surface area contributed by atoms with Crippen molar-refractivity contribution in [3.63, 3.8) is 0 Å². The number of fused-ring (bicyclic) bond motifs is 2. The van der Waals surface area contributed by atoms with Crippen molar-refractivity contribution in [3.8, 4) is 11.5 Å². The quantitative estimate of drug-likeness (QED) is 0.840. The molecule has 0 aliphatic carbocycles. The Kier molecular flexibility index (Phi) is 4.23. The summed E-state index contributed by atoms with van der Waals surface area (Å²) >= 11 is 0. The van der Waals surface area contributed by atoms with Crippen LogP contribution in [-0.4, -0.2) is 42.1 Å². The Labute approximate surface area is 159 Å². The van der Waals surface area contributed by atoms with Crippen LogP contribution in [0.1, 0.15) is 39.9 Å². The maximum atomic E-state index is 12.6. The van der Waals surface area contributed by atoms with Crippen LogP contribution < -0.4 is 9.47 Å². The molecule has 5 rings (SSSR count). The van der Waals surface area contributed by atoms with Crippen LogP contribution in [0.2, 0.25) is 0 Å². The molecule has 3 aliphatic heterocycles. The van der Waals surface area contributed by atoms with Crippen molar-refractivity contribution in [1.29, 1.82) is 0 Å². The lowest BCUT2D eigenvalue weighted by Gasteiger charge is -2.32. The number of piperidine rings is 1. The van der Waals surface area contributed by atoms with Gasteiger partial charge < -0.3 is 14.4 Å². The molecule has 0 unspecified atom stereocenters. The molecule has 5 nitrogen and oxygen atoms in total. The van der Waals surface area contributed by atoms with Gasteiger partial charge in [-0.15, -0.1) is 0 Å². The first-order valence-corrected chi connectivity index (χ1v) is 9.92. The minimum absolute atomic E-state index is 0.0970. The SMILES string of the molecule is O=C(c1cccnc1)N1CCC(Cc2c3c(cc4c2OCC4)OCC3)CC1. The summed E-state index contributed by atoms with van der Waals surface area (Å²) < 4.78 is 11.8. The van der Waals surface area contributed by atoms with Gasteiger partial charge in [-0.05, 0) is 43.4 Å². The van der Waals surface area contributed by atoms with Gasteiger partial charge in [-0.1, -0.05) is 0 Å². The van der Waals surface area contributed by atoms with Crippen molar-refractivity contribution in [2.24, 2.45) is 5.92 Å². The number of aromatic nitrogens is 1. The molecule has 0 radical (unpaired) electrons. The van der Waals surface area contributed by atoms with E-state index in [1.165, 1.54) is 16.7 Å². The second kappa shape index (κ2) is 6.87. The van der Waals surface area contributed by atoms with Crippen LogP contribution in [0.3, 0.4) is 0 Å². The highest BCUT2D eigenvalue weighted by atomic mass is 16.5. The Morgan fingerprint density at radius 1 is 1.19 bits per heavy atom. The molecule has 0 spiro atoms. The standard InChI is InChI=1S/C22H24N2O3/c25-22(17-2-1-7-23-14-17)24-8-3-15(4-9-24)12-19-18-6-11-26-20(18)13-16-5-10-27-21(16)19/h1-2,7,13-15H,3-6,8-12H2. The summed E-state index contributed by atoms with van der Waals surface area (Å²) in [6.07, 6.45) is 8.42. The van der Waals surface area contributed by atoms with Gasteiger partial charge in [0.2, 0.25) is 0 Å². The number of hydrogen-bond acceptors (Lipinski definition) is 4. The maximum Gasteiger partial charge on any atom is 0.255 e. The minimum atomic E-state index is 0.0970. The van der Waals surface area contributed by atoms with Crippen LogP contribution in [0.15, 0.2) is 30.6 Å². The molecule has 4 heterocycles. The summed E-state index contributed by atoms with van der Waals surface area (Å²) in [5, 5.41) is 0. The molecular formula is C22H24N2O3. The highest BCUT2D eigenvalue weighted by Crippen LogP contribution is 2.42. The van der Waals surface area contributed by atoms with Crippen molar-refractivity contribution in [1.82, 2.24) is 9.88 Å².